The van der Waals surface area contributed by atoms with E-state index in [9.17, 15) is 9.59 Å². The van der Waals surface area contributed by atoms with E-state index in [0.717, 1.165) is 5.56 Å². The Morgan fingerprint density at radius 2 is 2.11 bits per heavy atom. The molecule has 1 unspecified atom stereocenters. The van der Waals surface area contributed by atoms with Gasteiger partial charge in [-0.1, -0.05) is 12.1 Å². The predicted molar refractivity (Wildman–Crippen MR) is 67.8 cm³/mol. The Labute approximate surface area is 106 Å². The van der Waals surface area contributed by atoms with E-state index in [0.29, 0.717) is 25.1 Å². The number of likely N-dealkylation sites (N-methyl/N-ethyl adjacent to an activating group) is 1. The molecule has 0 aliphatic carbocycles. The van der Waals surface area contributed by atoms with Crippen LogP contribution in [0.5, 0.6) is 0 Å². The molecule has 5 heteroatoms. The van der Waals surface area contributed by atoms with Crippen molar-refractivity contribution in [1.82, 2.24) is 10.2 Å². The third-order valence-corrected chi connectivity index (χ3v) is 3.13. The van der Waals surface area contributed by atoms with Crippen LogP contribution < -0.4 is 11.1 Å². The molecule has 3 N–H and O–H groups in total. The topological polar surface area (TPSA) is 75.4 Å². The fourth-order valence-electron chi connectivity index (χ4n) is 2.02. The molecule has 0 bridgehead atoms. The van der Waals surface area contributed by atoms with Gasteiger partial charge in [0.15, 0.2) is 0 Å². The molecule has 1 aliphatic rings. The second kappa shape index (κ2) is 5.18. The molecular weight excluding hydrogens is 230 g/mol. The molecule has 1 heterocycles. The van der Waals surface area contributed by atoms with Crippen LogP contribution in [0.1, 0.15) is 22.3 Å². The summed E-state index contributed by atoms with van der Waals surface area (Å²) in [5, 5.41) is 2.86. The third-order valence-electron chi connectivity index (χ3n) is 3.13. The van der Waals surface area contributed by atoms with Gasteiger partial charge in [-0.25, -0.2) is 0 Å². The van der Waals surface area contributed by atoms with Crippen molar-refractivity contribution in [3.63, 3.8) is 0 Å². The summed E-state index contributed by atoms with van der Waals surface area (Å²) in [6.07, 6.45) is 0.378. The highest BCUT2D eigenvalue weighted by atomic mass is 16.2. The summed E-state index contributed by atoms with van der Waals surface area (Å²) < 4.78 is 0. The lowest BCUT2D eigenvalue weighted by Crippen LogP contribution is -2.36. The molecule has 96 valence electrons. The quantitative estimate of drug-likeness (QED) is 0.795. The lowest BCUT2D eigenvalue weighted by Gasteiger charge is -2.12. The van der Waals surface area contributed by atoms with Gasteiger partial charge in [0, 0.05) is 32.1 Å². The zero-order chi connectivity index (χ0) is 13.1. The first-order valence-corrected chi connectivity index (χ1v) is 5.94. The molecule has 18 heavy (non-hydrogen) atoms. The van der Waals surface area contributed by atoms with Gasteiger partial charge >= 0.3 is 0 Å². The second-order valence-electron chi connectivity index (χ2n) is 4.55. The van der Waals surface area contributed by atoms with Crippen molar-refractivity contribution >= 4 is 11.8 Å². The number of nitrogens with zero attached hydrogens (tertiary/aromatic N) is 1. The van der Waals surface area contributed by atoms with E-state index in [2.05, 4.69) is 5.32 Å². The number of benzene rings is 1. The zero-order valence-corrected chi connectivity index (χ0v) is 10.3. The Morgan fingerprint density at radius 1 is 1.44 bits per heavy atom. The van der Waals surface area contributed by atoms with Crippen LogP contribution in [-0.2, 0) is 11.3 Å². The lowest BCUT2D eigenvalue weighted by atomic mass is 10.1. The summed E-state index contributed by atoms with van der Waals surface area (Å²) in [5.41, 5.74) is 7.08. The minimum atomic E-state index is -0.147. The minimum absolute atomic E-state index is 0.0683. The number of rotatable bonds is 3. The Morgan fingerprint density at radius 3 is 2.61 bits per heavy atom. The molecule has 2 amide bonds. The normalized spacial score (nSPS) is 19.1. The summed E-state index contributed by atoms with van der Waals surface area (Å²) in [6.45, 7) is 1.04. The molecule has 1 aromatic carbocycles. The van der Waals surface area contributed by atoms with Crippen molar-refractivity contribution in [3.8, 4) is 0 Å². The van der Waals surface area contributed by atoms with Crippen molar-refractivity contribution in [3.05, 3.63) is 35.4 Å². The number of hydrogen-bond donors (Lipinski definition) is 2. The maximum atomic E-state index is 11.9. The summed E-state index contributed by atoms with van der Waals surface area (Å²) in [5.74, 6) is -0.0783. The summed E-state index contributed by atoms with van der Waals surface area (Å²) in [7, 11) is 1.74. The first-order valence-electron chi connectivity index (χ1n) is 5.94. The van der Waals surface area contributed by atoms with Gasteiger partial charge < -0.3 is 16.0 Å². The highest BCUT2D eigenvalue weighted by Gasteiger charge is 2.27. The van der Waals surface area contributed by atoms with Gasteiger partial charge in [-0.3, -0.25) is 9.59 Å². The standard InChI is InChI=1S/C13H17N3O2/c1-16-8-11(6-12(16)17)15-13(18)10-4-2-9(7-14)3-5-10/h2-5,11H,6-8,14H2,1H3,(H,15,18). The second-order valence-corrected chi connectivity index (χ2v) is 4.55. The monoisotopic (exact) mass is 247 g/mol. The number of nitrogens with two attached hydrogens (primary N) is 1. The van der Waals surface area contributed by atoms with Gasteiger partial charge in [0.25, 0.3) is 5.91 Å². The van der Waals surface area contributed by atoms with Crippen molar-refractivity contribution in [1.29, 1.82) is 0 Å². The number of likely N-dealkylation sites (tertiary alicyclic amines) is 1. The molecule has 2 rings (SSSR count). The van der Waals surface area contributed by atoms with E-state index >= 15 is 0 Å². The maximum absolute atomic E-state index is 11.9. The van der Waals surface area contributed by atoms with Crippen LogP contribution in [0.3, 0.4) is 0 Å². The predicted octanol–water partition coefficient (Wildman–Crippen LogP) is 0.106. The van der Waals surface area contributed by atoms with Gasteiger partial charge in [-0.15, -0.1) is 0 Å². The van der Waals surface area contributed by atoms with E-state index in [1.807, 2.05) is 12.1 Å². The van der Waals surface area contributed by atoms with Crippen LogP contribution >= 0.6 is 0 Å². The SMILES string of the molecule is CN1CC(NC(=O)c2ccc(CN)cc2)CC1=O. The largest absolute Gasteiger partial charge is 0.347 e. The molecule has 5 nitrogen and oxygen atoms in total. The highest BCUT2D eigenvalue weighted by Crippen LogP contribution is 2.10. The van der Waals surface area contributed by atoms with Crippen LogP contribution in [-0.4, -0.2) is 36.3 Å². The molecule has 1 atom stereocenters. The summed E-state index contributed by atoms with van der Waals surface area (Å²) in [6, 6.07) is 7.07. The molecule has 1 aromatic rings. The van der Waals surface area contributed by atoms with Crippen LogP contribution in [0.25, 0.3) is 0 Å². The van der Waals surface area contributed by atoms with E-state index in [-0.39, 0.29) is 17.9 Å². The van der Waals surface area contributed by atoms with Crippen LogP contribution in [0.4, 0.5) is 0 Å². The molecule has 1 saturated heterocycles. The van der Waals surface area contributed by atoms with Crippen LogP contribution in [0.15, 0.2) is 24.3 Å². The minimum Gasteiger partial charge on any atom is -0.347 e. The van der Waals surface area contributed by atoms with Crippen molar-refractivity contribution in [2.24, 2.45) is 5.73 Å². The fraction of sp³-hybridized carbons (Fsp3) is 0.385. The third kappa shape index (κ3) is 2.68. The number of nitrogens with one attached hydrogen (secondary N) is 1. The first-order chi connectivity index (χ1) is 8.60. The van der Waals surface area contributed by atoms with E-state index in [1.165, 1.54) is 0 Å². The van der Waals surface area contributed by atoms with Crippen molar-refractivity contribution in [2.45, 2.75) is 19.0 Å². The van der Waals surface area contributed by atoms with Crippen LogP contribution in [0, 0.1) is 0 Å². The fourth-order valence-corrected chi connectivity index (χ4v) is 2.02. The smallest absolute Gasteiger partial charge is 0.251 e. The van der Waals surface area contributed by atoms with Crippen LogP contribution in [0.2, 0.25) is 0 Å². The van der Waals surface area contributed by atoms with Gasteiger partial charge in [0.1, 0.15) is 0 Å². The summed E-state index contributed by atoms with van der Waals surface area (Å²) >= 11 is 0. The Hall–Kier alpha value is -1.88. The molecular formula is C13H17N3O2. The van der Waals surface area contributed by atoms with E-state index < -0.39 is 0 Å². The number of carbonyl (C=O) groups excluding carboxylic acids is 2. The zero-order valence-electron chi connectivity index (χ0n) is 10.3. The Bertz CT molecular complexity index is 456. The van der Waals surface area contributed by atoms with Gasteiger partial charge in [-0.05, 0) is 17.7 Å². The Balaban J connectivity index is 1.97. The molecule has 1 fully saturated rings. The average molecular weight is 247 g/mol. The molecule has 0 aromatic heterocycles. The first kappa shape index (κ1) is 12.6. The number of carbonyl (C=O) groups is 2. The Kier molecular flexibility index (Phi) is 3.62. The van der Waals surface area contributed by atoms with E-state index in [1.54, 1.807) is 24.1 Å². The van der Waals surface area contributed by atoms with Gasteiger partial charge in [0.2, 0.25) is 5.91 Å². The average Bonchev–Trinajstić information content (AvgIpc) is 2.68. The number of amides is 2. The summed E-state index contributed by atoms with van der Waals surface area (Å²) in [4.78, 5) is 24.9. The van der Waals surface area contributed by atoms with Crippen molar-refractivity contribution < 1.29 is 9.59 Å². The molecule has 0 saturated carbocycles. The lowest BCUT2D eigenvalue weighted by molar-refractivity contribution is -0.126. The number of hydrogen-bond acceptors (Lipinski definition) is 3. The van der Waals surface area contributed by atoms with Gasteiger partial charge in [0.05, 0.1) is 6.04 Å². The van der Waals surface area contributed by atoms with Gasteiger partial charge in [-0.2, -0.15) is 0 Å². The molecule has 0 radical (unpaired) electrons. The highest BCUT2D eigenvalue weighted by molar-refractivity contribution is 5.95. The molecule has 0 spiro atoms. The van der Waals surface area contributed by atoms with E-state index in [4.69, 9.17) is 5.73 Å². The van der Waals surface area contributed by atoms with Crippen molar-refractivity contribution in [2.75, 3.05) is 13.6 Å². The maximum Gasteiger partial charge on any atom is 0.251 e. The molecule has 1 aliphatic heterocycles.